The Labute approximate surface area is 90.0 Å². The Kier molecular flexibility index (Phi) is 3.90. The van der Waals surface area contributed by atoms with E-state index in [-0.39, 0.29) is 6.54 Å². The number of carboxylic acids is 1. The fraction of sp³-hybridized carbons (Fsp3) is 0.778. The summed E-state index contributed by atoms with van der Waals surface area (Å²) in [4.78, 5) is 22.6. The molecular weight excluding hydrogens is 227 g/mol. The van der Waals surface area contributed by atoms with E-state index in [1.165, 1.54) is 4.90 Å². The number of nitrogens with zero attached hydrogens (tertiary/aromatic N) is 1. The molecule has 0 aromatic heterocycles. The minimum absolute atomic E-state index is 0.0111. The number of piperidine rings is 1. The van der Waals surface area contributed by atoms with Crippen LogP contribution in [0.4, 0.5) is 13.2 Å². The first-order valence-corrected chi connectivity index (χ1v) is 4.86. The van der Waals surface area contributed by atoms with Crippen molar-refractivity contribution in [3.05, 3.63) is 0 Å². The Morgan fingerprint density at radius 3 is 2.50 bits per heavy atom. The summed E-state index contributed by atoms with van der Waals surface area (Å²) in [7, 11) is 0. The van der Waals surface area contributed by atoms with E-state index in [9.17, 15) is 22.8 Å². The zero-order valence-electron chi connectivity index (χ0n) is 8.46. The van der Waals surface area contributed by atoms with Gasteiger partial charge in [-0.3, -0.25) is 14.5 Å². The van der Waals surface area contributed by atoms with Crippen LogP contribution >= 0.6 is 0 Å². The van der Waals surface area contributed by atoms with Gasteiger partial charge in [0.2, 0.25) is 5.78 Å². The van der Waals surface area contributed by atoms with Gasteiger partial charge in [-0.05, 0) is 19.4 Å². The molecule has 0 unspecified atom stereocenters. The summed E-state index contributed by atoms with van der Waals surface area (Å²) in [5.74, 6) is -3.52. The Hall–Kier alpha value is -1.11. The smallest absolute Gasteiger partial charge is 0.451 e. The average molecular weight is 239 g/mol. The lowest BCUT2D eigenvalue weighted by Gasteiger charge is -2.30. The van der Waals surface area contributed by atoms with Gasteiger partial charge in [0.25, 0.3) is 0 Å². The fourth-order valence-corrected chi connectivity index (χ4v) is 1.69. The number of carboxylic acid groups (broad SMARTS) is 1. The van der Waals surface area contributed by atoms with E-state index in [4.69, 9.17) is 5.11 Å². The molecular formula is C9H12F3NO3. The molecule has 4 nitrogen and oxygen atoms in total. The molecule has 0 amide bonds. The van der Waals surface area contributed by atoms with E-state index >= 15 is 0 Å². The molecule has 1 aliphatic heterocycles. The van der Waals surface area contributed by atoms with Crippen LogP contribution in [0.1, 0.15) is 12.8 Å². The van der Waals surface area contributed by atoms with Crippen molar-refractivity contribution in [2.75, 3.05) is 19.6 Å². The Morgan fingerprint density at radius 1 is 1.38 bits per heavy atom. The van der Waals surface area contributed by atoms with Crippen LogP contribution in [0.2, 0.25) is 0 Å². The van der Waals surface area contributed by atoms with E-state index in [0.717, 1.165) is 0 Å². The van der Waals surface area contributed by atoms with Crippen molar-refractivity contribution in [2.45, 2.75) is 19.0 Å². The normalized spacial score (nSPS) is 23.1. The van der Waals surface area contributed by atoms with Gasteiger partial charge in [-0.15, -0.1) is 0 Å². The number of rotatable bonds is 3. The molecule has 0 saturated carbocycles. The van der Waals surface area contributed by atoms with Crippen LogP contribution in [0.25, 0.3) is 0 Å². The first kappa shape index (κ1) is 13.0. The summed E-state index contributed by atoms with van der Waals surface area (Å²) in [6.45, 7) is -0.393. The second-order valence-corrected chi connectivity index (χ2v) is 3.83. The van der Waals surface area contributed by atoms with E-state index in [1.807, 2.05) is 0 Å². The summed E-state index contributed by atoms with van der Waals surface area (Å²) in [6.07, 6.45) is -3.88. The lowest BCUT2D eigenvalue weighted by Crippen LogP contribution is -2.44. The van der Waals surface area contributed by atoms with Crippen LogP contribution in [0.3, 0.4) is 0 Å². The Bertz CT molecular complexity index is 290. The first-order valence-electron chi connectivity index (χ1n) is 4.86. The van der Waals surface area contributed by atoms with Crippen molar-refractivity contribution in [1.29, 1.82) is 0 Å². The summed E-state index contributed by atoms with van der Waals surface area (Å²) in [5.41, 5.74) is 0. The molecule has 1 saturated heterocycles. The molecule has 0 aliphatic carbocycles. The molecule has 1 N–H and O–H groups in total. The zero-order chi connectivity index (χ0) is 12.3. The van der Waals surface area contributed by atoms with Crippen LogP contribution in [0.5, 0.6) is 0 Å². The lowest BCUT2D eigenvalue weighted by atomic mass is 9.98. The summed E-state index contributed by atoms with van der Waals surface area (Å²) >= 11 is 0. The summed E-state index contributed by atoms with van der Waals surface area (Å²) < 4.78 is 35.9. The Balaban J connectivity index is 2.49. The number of halogens is 3. The monoisotopic (exact) mass is 239 g/mol. The lowest BCUT2D eigenvalue weighted by molar-refractivity contribution is -0.172. The molecule has 0 aromatic carbocycles. The summed E-state index contributed by atoms with van der Waals surface area (Å²) in [5, 5.41) is 8.72. The molecule has 0 spiro atoms. The quantitative estimate of drug-likeness (QED) is 0.795. The number of aliphatic carboxylic acids is 1. The third kappa shape index (κ3) is 3.48. The number of carbonyl (C=O) groups excluding carboxylic acids is 1. The standard InChI is InChI=1S/C9H12F3NO3/c10-9(11,12)7(14)5-13-3-1-2-6(4-13)8(15)16/h6H,1-5H2,(H,15,16)/t6-/m0/s1. The molecule has 1 aliphatic rings. The topological polar surface area (TPSA) is 57.6 Å². The third-order valence-corrected chi connectivity index (χ3v) is 2.54. The van der Waals surface area contributed by atoms with Crippen molar-refractivity contribution < 1.29 is 27.9 Å². The van der Waals surface area contributed by atoms with Crippen LogP contribution in [-0.4, -0.2) is 47.6 Å². The molecule has 16 heavy (non-hydrogen) atoms. The number of hydrogen-bond donors (Lipinski definition) is 1. The van der Waals surface area contributed by atoms with Gasteiger partial charge in [0, 0.05) is 6.54 Å². The highest BCUT2D eigenvalue weighted by atomic mass is 19.4. The number of carbonyl (C=O) groups is 2. The second kappa shape index (κ2) is 4.82. The van der Waals surface area contributed by atoms with Crippen LogP contribution < -0.4 is 0 Å². The molecule has 1 atom stereocenters. The number of ketones is 1. The third-order valence-electron chi connectivity index (χ3n) is 2.54. The molecule has 0 bridgehead atoms. The molecule has 7 heteroatoms. The van der Waals surface area contributed by atoms with Crippen LogP contribution in [0.15, 0.2) is 0 Å². The van der Waals surface area contributed by atoms with Gasteiger partial charge in [0.15, 0.2) is 0 Å². The maximum absolute atomic E-state index is 12.0. The predicted octanol–water partition coefficient (Wildman–Crippen LogP) is 0.914. The number of alkyl halides is 3. The zero-order valence-corrected chi connectivity index (χ0v) is 8.46. The Morgan fingerprint density at radius 2 is 2.00 bits per heavy atom. The fourth-order valence-electron chi connectivity index (χ4n) is 1.69. The van der Waals surface area contributed by atoms with Crippen molar-refractivity contribution in [1.82, 2.24) is 4.90 Å². The van der Waals surface area contributed by atoms with Gasteiger partial charge in [-0.1, -0.05) is 0 Å². The first-order chi connectivity index (χ1) is 7.30. The minimum Gasteiger partial charge on any atom is -0.481 e. The molecule has 1 rings (SSSR count). The van der Waals surface area contributed by atoms with Crippen molar-refractivity contribution in [3.8, 4) is 0 Å². The SMILES string of the molecule is O=C(O)[C@H]1CCCN(CC(=O)C(F)(F)F)C1. The van der Waals surface area contributed by atoms with Crippen LogP contribution in [-0.2, 0) is 9.59 Å². The van der Waals surface area contributed by atoms with Gasteiger partial charge in [-0.25, -0.2) is 0 Å². The van der Waals surface area contributed by atoms with Crippen LogP contribution in [0, 0.1) is 5.92 Å². The van der Waals surface area contributed by atoms with E-state index in [2.05, 4.69) is 0 Å². The minimum atomic E-state index is -4.84. The van der Waals surface area contributed by atoms with E-state index in [1.54, 1.807) is 0 Å². The average Bonchev–Trinajstić information content (AvgIpc) is 2.16. The van der Waals surface area contributed by atoms with E-state index in [0.29, 0.717) is 19.4 Å². The highest BCUT2D eigenvalue weighted by molar-refractivity contribution is 5.86. The second-order valence-electron chi connectivity index (χ2n) is 3.83. The maximum atomic E-state index is 12.0. The number of likely N-dealkylation sites (tertiary alicyclic amines) is 1. The molecule has 0 radical (unpaired) electrons. The highest BCUT2D eigenvalue weighted by Gasteiger charge is 2.39. The van der Waals surface area contributed by atoms with Crippen molar-refractivity contribution in [3.63, 3.8) is 0 Å². The maximum Gasteiger partial charge on any atom is 0.451 e. The highest BCUT2D eigenvalue weighted by Crippen LogP contribution is 2.20. The summed E-state index contributed by atoms with van der Waals surface area (Å²) in [6, 6.07) is 0. The van der Waals surface area contributed by atoms with Gasteiger partial charge in [0.05, 0.1) is 12.5 Å². The predicted molar refractivity (Wildman–Crippen MR) is 47.9 cm³/mol. The van der Waals surface area contributed by atoms with Crippen molar-refractivity contribution in [2.24, 2.45) is 5.92 Å². The van der Waals surface area contributed by atoms with Crippen molar-refractivity contribution >= 4 is 11.8 Å². The molecule has 0 aromatic rings. The molecule has 1 heterocycles. The molecule has 1 fully saturated rings. The largest absolute Gasteiger partial charge is 0.481 e. The van der Waals surface area contributed by atoms with Gasteiger partial charge in [0.1, 0.15) is 0 Å². The molecule has 92 valence electrons. The van der Waals surface area contributed by atoms with Gasteiger partial charge >= 0.3 is 12.1 Å². The number of hydrogen-bond acceptors (Lipinski definition) is 3. The van der Waals surface area contributed by atoms with Gasteiger partial charge < -0.3 is 5.11 Å². The van der Waals surface area contributed by atoms with Gasteiger partial charge in [-0.2, -0.15) is 13.2 Å². The number of Topliss-reactive ketones (excluding diaryl/α,β-unsaturated/α-hetero) is 1. The van der Waals surface area contributed by atoms with E-state index < -0.39 is 30.4 Å².